The largest absolute Gasteiger partial charge is 0.481 e. The second kappa shape index (κ2) is 23.4. The molecular formula is C25H46N2O5S2. The van der Waals surface area contributed by atoms with E-state index >= 15 is 0 Å². The molecule has 34 heavy (non-hydrogen) atoms. The fraction of sp³-hybridized carbons (Fsp3) is 0.840. The summed E-state index contributed by atoms with van der Waals surface area (Å²) in [6.45, 7) is 3.17. The molecule has 0 fully saturated rings. The summed E-state index contributed by atoms with van der Waals surface area (Å²) in [5.74, 6) is -1.91. The van der Waals surface area contributed by atoms with Crippen molar-refractivity contribution in [2.75, 3.05) is 25.4 Å². The van der Waals surface area contributed by atoms with Crippen molar-refractivity contribution < 1.29 is 24.6 Å². The zero-order valence-corrected chi connectivity index (χ0v) is 22.7. The minimum atomic E-state index is -0.973. The zero-order valence-electron chi connectivity index (χ0n) is 21.0. The predicted molar refractivity (Wildman–Crippen MR) is 144 cm³/mol. The average Bonchev–Trinajstić information content (AvgIpc) is 2.79. The molecule has 0 heterocycles. The number of thiocarbonyl (C=S) groups is 1. The molecule has 0 aliphatic rings. The van der Waals surface area contributed by atoms with Gasteiger partial charge in [0.1, 0.15) is 4.32 Å². The van der Waals surface area contributed by atoms with E-state index in [1.807, 2.05) is 0 Å². The third kappa shape index (κ3) is 22.4. The van der Waals surface area contributed by atoms with Gasteiger partial charge >= 0.3 is 11.9 Å². The first kappa shape index (κ1) is 32.7. The van der Waals surface area contributed by atoms with Gasteiger partial charge in [-0.2, -0.15) is 0 Å². The summed E-state index contributed by atoms with van der Waals surface area (Å²) in [5, 5.41) is 20.6. The van der Waals surface area contributed by atoms with Crippen LogP contribution in [0.3, 0.4) is 0 Å². The number of unbranched alkanes of at least 4 members (excludes halogenated alkanes) is 13. The number of rotatable bonds is 23. The van der Waals surface area contributed by atoms with Crippen LogP contribution in [0.25, 0.3) is 0 Å². The second-order valence-corrected chi connectivity index (χ2v) is 10.4. The summed E-state index contributed by atoms with van der Waals surface area (Å²) >= 11 is 6.41. The Balaban J connectivity index is 3.68. The number of carboxylic acid groups (broad SMARTS) is 2. The van der Waals surface area contributed by atoms with E-state index in [9.17, 15) is 14.4 Å². The molecule has 0 aliphatic heterocycles. The van der Waals surface area contributed by atoms with Gasteiger partial charge in [0.05, 0.1) is 18.6 Å². The molecule has 0 atom stereocenters. The fourth-order valence-corrected chi connectivity index (χ4v) is 4.65. The lowest BCUT2D eigenvalue weighted by Gasteiger charge is -2.23. The van der Waals surface area contributed by atoms with Crippen LogP contribution in [-0.2, 0) is 14.4 Å². The van der Waals surface area contributed by atoms with Crippen molar-refractivity contribution in [2.24, 2.45) is 0 Å². The number of nitrogens with one attached hydrogen (secondary N) is 1. The maximum absolute atomic E-state index is 12.0. The molecule has 0 unspecified atom stereocenters. The fourth-order valence-electron chi connectivity index (χ4n) is 3.57. The molecule has 0 spiro atoms. The van der Waals surface area contributed by atoms with E-state index in [0.717, 1.165) is 24.6 Å². The summed E-state index contributed by atoms with van der Waals surface area (Å²) in [7, 11) is 0. The number of nitrogens with zero attached hydrogens (tertiary/aromatic N) is 1. The molecule has 1 amide bonds. The molecule has 0 aromatic heterocycles. The molecule has 0 saturated heterocycles. The SMILES string of the molecule is CCCCCCCCCCCCCCCCNC(=O)CSC(=S)N(CCC(=O)O)CCC(=O)O. The van der Waals surface area contributed by atoms with Crippen molar-refractivity contribution in [2.45, 2.75) is 110 Å². The van der Waals surface area contributed by atoms with Crippen LogP contribution in [0.2, 0.25) is 0 Å². The van der Waals surface area contributed by atoms with Crippen molar-refractivity contribution in [3.05, 3.63) is 0 Å². The van der Waals surface area contributed by atoms with Gasteiger partial charge in [-0.15, -0.1) is 0 Å². The van der Waals surface area contributed by atoms with Crippen molar-refractivity contribution in [3.63, 3.8) is 0 Å². The molecule has 0 rings (SSSR count). The molecule has 9 heteroatoms. The van der Waals surface area contributed by atoms with Crippen LogP contribution in [0.4, 0.5) is 0 Å². The first-order valence-electron chi connectivity index (χ1n) is 13.0. The van der Waals surface area contributed by atoms with Gasteiger partial charge in [-0.1, -0.05) is 114 Å². The Bertz CT molecular complexity index is 558. The number of carbonyl (C=O) groups excluding carboxylic acids is 1. The highest BCUT2D eigenvalue weighted by Crippen LogP contribution is 2.13. The molecule has 7 nitrogen and oxygen atoms in total. The van der Waals surface area contributed by atoms with E-state index < -0.39 is 11.9 Å². The van der Waals surface area contributed by atoms with Gasteiger partial charge in [0, 0.05) is 19.6 Å². The highest BCUT2D eigenvalue weighted by atomic mass is 32.2. The molecule has 0 aliphatic carbocycles. The Hall–Kier alpha value is -1.35. The number of thioether (sulfide) groups is 1. The monoisotopic (exact) mass is 518 g/mol. The van der Waals surface area contributed by atoms with E-state index in [2.05, 4.69) is 12.2 Å². The smallest absolute Gasteiger partial charge is 0.305 e. The van der Waals surface area contributed by atoms with E-state index in [1.165, 1.54) is 77.0 Å². The summed E-state index contributed by atoms with van der Waals surface area (Å²) in [4.78, 5) is 35.2. The summed E-state index contributed by atoms with van der Waals surface area (Å²) in [5.41, 5.74) is 0. The summed E-state index contributed by atoms with van der Waals surface area (Å²) in [6.07, 6.45) is 17.9. The van der Waals surface area contributed by atoms with Crippen LogP contribution >= 0.6 is 24.0 Å². The Morgan fingerprint density at radius 3 is 1.56 bits per heavy atom. The van der Waals surface area contributed by atoms with Gasteiger partial charge in [0.25, 0.3) is 0 Å². The first-order chi connectivity index (χ1) is 16.4. The van der Waals surface area contributed by atoms with Crippen LogP contribution in [0, 0.1) is 0 Å². The molecule has 0 bridgehead atoms. The Labute approximate surface area is 215 Å². The highest BCUT2D eigenvalue weighted by molar-refractivity contribution is 8.23. The lowest BCUT2D eigenvalue weighted by Crippen LogP contribution is -2.33. The zero-order chi connectivity index (χ0) is 25.4. The summed E-state index contributed by atoms with van der Waals surface area (Å²) in [6, 6.07) is 0. The van der Waals surface area contributed by atoms with Gasteiger partial charge in [-0.3, -0.25) is 14.4 Å². The van der Waals surface area contributed by atoms with Crippen LogP contribution in [0.15, 0.2) is 0 Å². The molecule has 3 N–H and O–H groups in total. The highest BCUT2D eigenvalue weighted by Gasteiger charge is 2.15. The third-order valence-electron chi connectivity index (χ3n) is 5.63. The van der Waals surface area contributed by atoms with Gasteiger partial charge in [0.15, 0.2) is 0 Å². The first-order valence-corrected chi connectivity index (χ1v) is 14.4. The van der Waals surface area contributed by atoms with Gasteiger partial charge in [-0.05, 0) is 6.42 Å². The van der Waals surface area contributed by atoms with E-state index in [0.29, 0.717) is 10.9 Å². The topological polar surface area (TPSA) is 107 Å². The maximum Gasteiger partial charge on any atom is 0.305 e. The third-order valence-corrected chi connectivity index (χ3v) is 7.15. The van der Waals surface area contributed by atoms with Crippen LogP contribution < -0.4 is 5.32 Å². The van der Waals surface area contributed by atoms with Gasteiger partial charge in [0.2, 0.25) is 5.91 Å². The molecule has 0 aromatic carbocycles. The molecule has 0 saturated carbocycles. The van der Waals surface area contributed by atoms with E-state index in [-0.39, 0.29) is 37.6 Å². The number of aliphatic carboxylic acids is 2. The van der Waals surface area contributed by atoms with Crippen LogP contribution in [0.5, 0.6) is 0 Å². The Morgan fingerprint density at radius 2 is 1.15 bits per heavy atom. The molecule has 0 aromatic rings. The number of carboxylic acids is 2. The van der Waals surface area contributed by atoms with Gasteiger partial charge < -0.3 is 20.4 Å². The number of hydrogen-bond acceptors (Lipinski definition) is 5. The van der Waals surface area contributed by atoms with Crippen molar-refractivity contribution in [3.8, 4) is 0 Å². The Morgan fingerprint density at radius 1 is 0.735 bits per heavy atom. The number of carbonyl (C=O) groups is 3. The quantitative estimate of drug-likeness (QED) is 0.114. The minimum Gasteiger partial charge on any atom is -0.481 e. The lowest BCUT2D eigenvalue weighted by atomic mass is 10.0. The molecule has 0 radical (unpaired) electrons. The molecular weight excluding hydrogens is 472 g/mol. The second-order valence-electron chi connectivity index (χ2n) is 8.78. The Kier molecular flexibility index (Phi) is 22.5. The van der Waals surface area contributed by atoms with Crippen LogP contribution in [-0.4, -0.2) is 62.7 Å². The number of hydrogen-bond donors (Lipinski definition) is 3. The summed E-state index contributed by atoms with van der Waals surface area (Å²) < 4.78 is 0.356. The van der Waals surface area contributed by atoms with Crippen molar-refractivity contribution >= 4 is 46.1 Å². The van der Waals surface area contributed by atoms with E-state index in [4.69, 9.17) is 22.4 Å². The lowest BCUT2D eigenvalue weighted by molar-refractivity contribution is -0.137. The predicted octanol–water partition coefficient (Wildman–Crippen LogP) is 5.85. The van der Waals surface area contributed by atoms with E-state index in [1.54, 1.807) is 4.90 Å². The van der Waals surface area contributed by atoms with Crippen molar-refractivity contribution in [1.82, 2.24) is 10.2 Å². The minimum absolute atomic E-state index is 0.113. The van der Waals surface area contributed by atoms with Crippen molar-refractivity contribution in [1.29, 1.82) is 0 Å². The van der Waals surface area contributed by atoms with Crippen LogP contribution in [0.1, 0.15) is 110 Å². The molecule has 198 valence electrons. The van der Waals surface area contributed by atoms with Gasteiger partial charge in [-0.25, -0.2) is 0 Å². The number of amides is 1. The average molecular weight is 519 g/mol. The maximum atomic E-state index is 12.0. The standard InChI is InChI=1S/C25H46N2O5S2/c1-2-3-4-5-6-7-8-9-10-11-12-13-14-15-18-26-22(28)21-34-25(33)27(19-16-23(29)30)20-17-24(31)32/h2-21H2,1H3,(H,26,28)(H,29,30)(H,31,32). The normalized spacial score (nSPS) is 10.7.